The molecule has 1 aromatic heterocycles. The number of rotatable bonds is 4. The molecule has 1 amide bonds. The maximum absolute atomic E-state index is 12.1. The fraction of sp³-hybridized carbons (Fsp3) is 0.417. The van der Waals surface area contributed by atoms with E-state index in [1.165, 1.54) is 11.3 Å². The minimum atomic E-state index is -0.0853. The Kier molecular flexibility index (Phi) is 5.70. The average Bonchev–Trinajstić information content (AvgIpc) is 2.80. The molecule has 0 aromatic carbocycles. The van der Waals surface area contributed by atoms with E-state index < -0.39 is 0 Å². The molecule has 0 fully saturated rings. The number of aliphatic hydroxyl groups is 1. The summed E-state index contributed by atoms with van der Waals surface area (Å²) in [4.78, 5) is 14.3. The lowest BCUT2D eigenvalue weighted by molar-refractivity contribution is 0.0736. The van der Waals surface area contributed by atoms with E-state index >= 15 is 0 Å². The summed E-state index contributed by atoms with van der Waals surface area (Å²) in [6.07, 6.45) is 0. The van der Waals surface area contributed by atoms with Crippen LogP contribution in [0.2, 0.25) is 0 Å². The molecule has 0 bridgehead atoms. The third kappa shape index (κ3) is 3.56. The molecule has 1 rings (SSSR count). The van der Waals surface area contributed by atoms with Crippen molar-refractivity contribution in [3.05, 3.63) is 21.9 Å². The van der Waals surface area contributed by atoms with Gasteiger partial charge in [0.05, 0.1) is 13.2 Å². The van der Waals surface area contributed by atoms with E-state index in [0.29, 0.717) is 23.5 Å². The largest absolute Gasteiger partial charge is 0.395 e. The van der Waals surface area contributed by atoms with Gasteiger partial charge in [-0.2, -0.15) is 0 Å². The Bertz CT molecular complexity index is 431. The summed E-state index contributed by atoms with van der Waals surface area (Å²) in [5.41, 5.74) is 6.02. The smallest absolute Gasteiger partial charge is 0.265 e. The summed E-state index contributed by atoms with van der Waals surface area (Å²) >= 11 is 1.36. The number of thiophene rings is 1. The zero-order chi connectivity index (χ0) is 12.7. The van der Waals surface area contributed by atoms with E-state index in [-0.39, 0.29) is 19.1 Å². The molecule has 1 aromatic rings. The number of likely N-dealkylation sites (N-methyl/N-ethyl adjacent to an activating group) is 1. The number of hydrogen-bond acceptors (Lipinski definition) is 4. The predicted molar refractivity (Wildman–Crippen MR) is 68.9 cm³/mol. The van der Waals surface area contributed by atoms with Crippen LogP contribution < -0.4 is 5.73 Å². The molecule has 0 unspecified atom stereocenters. The van der Waals surface area contributed by atoms with Gasteiger partial charge in [-0.15, -0.1) is 11.3 Å². The van der Waals surface area contributed by atoms with Crippen LogP contribution in [0.5, 0.6) is 0 Å². The van der Waals surface area contributed by atoms with Crippen molar-refractivity contribution in [3.63, 3.8) is 0 Å². The average molecular weight is 252 g/mol. The van der Waals surface area contributed by atoms with Gasteiger partial charge in [-0.25, -0.2) is 0 Å². The van der Waals surface area contributed by atoms with Crippen LogP contribution in [0.4, 0.5) is 0 Å². The van der Waals surface area contributed by atoms with E-state index in [1.807, 2.05) is 18.4 Å². The monoisotopic (exact) mass is 252 g/mol. The highest BCUT2D eigenvalue weighted by Crippen LogP contribution is 2.18. The SMILES string of the molecule is CCN(CCO)C(=O)c1sccc1C#CCN. The molecule has 92 valence electrons. The summed E-state index contributed by atoms with van der Waals surface area (Å²) in [6, 6.07) is 1.81. The Morgan fingerprint density at radius 1 is 1.65 bits per heavy atom. The number of aliphatic hydroxyl groups excluding tert-OH is 1. The van der Waals surface area contributed by atoms with Gasteiger partial charge >= 0.3 is 0 Å². The number of nitrogens with zero attached hydrogens (tertiary/aromatic N) is 1. The number of carbonyl (C=O) groups excluding carboxylic acids is 1. The van der Waals surface area contributed by atoms with E-state index in [2.05, 4.69) is 11.8 Å². The third-order valence-corrected chi connectivity index (χ3v) is 3.13. The van der Waals surface area contributed by atoms with E-state index in [1.54, 1.807) is 4.90 Å². The van der Waals surface area contributed by atoms with Crippen molar-refractivity contribution < 1.29 is 9.90 Å². The molecule has 1 heterocycles. The van der Waals surface area contributed by atoms with Crippen LogP contribution in [0.1, 0.15) is 22.2 Å². The molecule has 4 nitrogen and oxygen atoms in total. The Hall–Kier alpha value is -1.35. The predicted octanol–water partition coefficient (Wildman–Crippen LogP) is 0.513. The lowest BCUT2D eigenvalue weighted by Crippen LogP contribution is -2.33. The molecule has 5 heteroatoms. The molecule has 0 aliphatic rings. The van der Waals surface area contributed by atoms with Gasteiger partial charge < -0.3 is 15.7 Å². The van der Waals surface area contributed by atoms with Crippen LogP contribution >= 0.6 is 11.3 Å². The molecule has 0 radical (unpaired) electrons. The van der Waals surface area contributed by atoms with Gasteiger partial charge in [0.25, 0.3) is 5.91 Å². The van der Waals surface area contributed by atoms with E-state index in [4.69, 9.17) is 10.8 Å². The van der Waals surface area contributed by atoms with Crippen LogP contribution in [0, 0.1) is 11.8 Å². The Labute approximate surface area is 105 Å². The Morgan fingerprint density at radius 2 is 2.41 bits per heavy atom. The lowest BCUT2D eigenvalue weighted by atomic mass is 10.2. The van der Waals surface area contributed by atoms with Crippen LogP contribution in [0.3, 0.4) is 0 Å². The summed E-state index contributed by atoms with van der Waals surface area (Å²) in [5.74, 6) is 5.53. The molecular weight excluding hydrogens is 236 g/mol. The van der Waals surface area contributed by atoms with Crippen molar-refractivity contribution in [3.8, 4) is 11.8 Å². The van der Waals surface area contributed by atoms with Crippen molar-refractivity contribution in [1.82, 2.24) is 4.90 Å². The molecule has 0 saturated carbocycles. The zero-order valence-corrected chi connectivity index (χ0v) is 10.6. The highest BCUT2D eigenvalue weighted by molar-refractivity contribution is 7.12. The minimum Gasteiger partial charge on any atom is -0.395 e. The molecule has 0 atom stereocenters. The number of carbonyl (C=O) groups is 1. The summed E-state index contributed by atoms with van der Waals surface area (Å²) in [5, 5.41) is 10.7. The molecule has 0 spiro atoms. The van der Waals surface area contributed by atoms with Crippen LogP contribution in [-0.2, 0) is 0 Å². The fourth-order valence-electron chi connectivity index (χ4n) is 1.39. The summed E-state index contributed by atoms with van der Waals surface area (Å²) in [7, 11) is 0. The topological polar surface area (TPSA) is 66.6 Å². The lowest BCUT2D eigenvalue weighted by Gasteiger charge is -2.18. The van der Waals surface area contributed by atoms with Gasteiger partial charge in [-0.1, -0.05) is 11.8 Å². The molecule has 3 N–H and O–H groups in total. The van der Waals surface area contributed by atoms with Crippen molar-refractivity contribution in [2.45, 2.75) is 6.92 Å². The third-order valence-electron chi connectivity index (χ3n) is 2.22. The first-order valence-corrected chi connectivity index (χ1v) is 6.29. The summed E-state index contributed by atoms with van der Waals surface area (Å²) in [6.45, 7) is 3.04. The van der Waals surface area contributed by atoms with Gasteiger partial charge in [-0.3, -0.25) is 4.79 Å². The van der Waals surface area contributed by atoms with Crippen molar-refractivity contribution in [1.29, 1.82) is 0 Å². The van der Waals surface area contributed by atoms with Gasteiger partial charge in [0.1, 0.15) is 4.88 Å². The van der Waals surface area contributed by atoms with Gasteiger partial charge in [0, 0.05) is 18.7 Å². The van der Waals surface area contributed by atoms with E-state index in [0.717, 1.165) is 0 Å². The highest BCUT2D eigenvalue weighted by Gasteiger charge is 2.17. The maximum atomic E-state index is 12.1. The quantitative estimate of drug-likeness (QED) is 0.767. The second-order valence-electron chi connectivity index (χ2n) is 3.28. The number of nitrogens with two attached hydrogens (primary N) is 1. The number of amides is 1. The van der Waals surface area contributed by atoms with Crippen LogP contribution in [-0.4, -0.2) is 42.2 Å². The fourth-order valence-corrected chi connectivity index (χ4v) is 2.20. The molecular formula is C12H16N2O2S. The molecule has 0 saturated heterocycles. The first-order valence-electron chi connectivity index (χ1n) is 5.41. The maximum Gasteiger partial charge on any atom is 0.265 e. The summed E-state index contributed by atoms with van der Waals surface area (Å²) < 4.78 is 0. The number of hydrogen-bond donors (Lipinski definition) is 2. The van der Waals surface area contributed by atoms with Gasteiger partial charge in [-0.05, 0) is 18.4 Å². The van der Waals surface area contributed by atoms with Gasteiger partial charge in [0.2, 0.25) is 0 Å². The van der Waals surface area contributed by atoms with E-state index in [9.17, 15) is 4.79 Å². The second-order valence-corrected chi connectivity index (χ2v) is 4.19. The first kappa shape index (κ1) is 13.7. The molecule has 17 heavy (non-hydrogen) atoms. The van der Waals surface area contributed by atoms with Crippen molar-refractivity contribution >= 4 is 17.2 Å². The van der Waals surface area contributed by atoms with Crippen LogP contribution in [0.25, 0.3) is 0 Å². The molecule has 0 aliphatic carbocycles. The Morgan fingerprint density at radius 3 is 3.00 bits per heavy atom. The Balaban J connectivity index is 2.91. The van der Waals surface area contributed by atoms with Crippen LogP contribution in [0.15, 0.2) is 11.4 Å². The van der Waals surface area contributed by atoms with Crippen molar-refractivity contribution in [2.75, 3.05) is 26.2 Å². The highest BCUT2D eigenvalue weighted by atomic mass is 32.1. The molecule has 0 aliphatic heterocycles. The zero-order valence-electron chi connectivity index (χ0n) is 9.77. The second kappa shape index (κ2) is 7.07. The minimum absolute atomic E-state index is 0.0330. The normalized spacial score (nSPS) is 9.59. The first-order chi connectivity index (χ1) is 8.24. The van der Waals surface area contributed by atoms with Crippen molar-refractivity contribution in [2.24, 2.45) is 5.73 Å². The standard InChI is InChI=1S/C12H16N2O2S/c1-2-14(7-8-15)12(16)11-10(4-3-6-13)5-9-17-11/h5,9,15H,2,6-8,13H2,1H3. The van der Waals surface area contributed by atoms with Gasteiger partial charge in [0.15, 0.2) is 0 Å².